The van der Waals surface area contributed by atoms with E-state index in [2.05, 4.69) is 18.3 Å². The van der Waals surface area contributed by atoms with Crippen molar-refractivity contribution in [1.82, 2.24) is 5.32 Å². The molecule has 3 aromatic carbocycles. The first-order valence-electron chi connectivity index (χ1n) is 13.7. The third-order valence-corrected chi connectivity index (χ3v) is 7.86. The molecular weight excluding hydrogens is 544 g/mol. The van der Waals surface area contributed by atoms with Crippen molar-refractivity contribution in [3.8, 4) is 16.9 Å². The lowest BCUT2D eigenvalue weighted by Gasteiger charge is -2.31. The van der Waals surface area contributed by atoms with Crippen molar-refractivity contribution < 1.29 is 32.0 Å². The second kappa shape index (κ2) is 13.6. The van der Waals surface area contributed by atoms with Crippen LogP contribution in [0.5, 0.6) is 5.75 Å². The van der Waals surface area contributed by atoms with Gasteiger partial charge in [0, 0.05) is 25.2 Å². The predicted molar refractivity (Wildman–Crippen MR) is 158 cm³/mol. The van der Waals surface area contributed by atoms with E-state index in [1.54, 1.807) is 0 Å². The molecule has 0 bridgehead atoms. The summed E-state index contributed by atoms with van der Waals surface area (Å²) in [5.74, 6) is 0.350. The van der Waals surface area contributed by atoms with Gasteiger partial charge in [0.25, 0.3) is 10.1 Å². The van der Waals surface area contributed by atoms with Gasteiger partial charge in [-0.05, 0) is 84.7 Å². The number of amides is 2. The van der Waals surface area contributed by atoms with E-state index >= 15 is 0 Å². The number of carbonyl (C=O) groups is 2. The van der Waals surface area contributed by atoms with Gasteiger partial charge in [-0.3, -0.25) is 9.35 Å². The zero-order chi connectivity index (χ0) is 29.4. The van der Waals surface area contributed by atoms with Gasteiger partial charge in [0.1, 0.15) is 12.4 Å². The Bertz CT molecular complexity index is 1500. The van der Waals surface area contributed by atoms with E-state index in [1.165, 1.54) is 5.56 Å². The molecule has 0 unspecified atom stereocenters. The molecule has 0 aliphatic carbocycles. The van der Waals surface area contributed by atoms with Crippen molar-refractivity contribution in [2.45, 2.75) is 46.1 Å². The highest BCUT2D eigenvalue weighted by atomic mass is 32.2. The summed E-state index contributed by atoms with van der Waals surface area (Å²) in [6, 6.07) is 19.6. The molecule has 0 saturated heterocycles. The molecule has 0 fully saturated rings. The summed E-state index contributed by atoms with van der Waals surface area (Å²) >= 11 is 0. The molecule has 9 nitrogen and oxygen atoms in total. The van der Waals surface area contributed by atoms with Gasteiger partial charge in [-0.2, -0.15) is 8.42 Å². The number of hydrogen-bond donors (Lipinski definition) is 2. The maximum atomic E-state index is 13.2. The molecule has 0 atom stereocenters. The van der Waals surface area contributed by atoms with Crippen molar-refractivity contribution in [2.24, 2.45) is 0 Å². The topological polar surface area (TPSA) is 122 Å². The molecule has 2 N–H and O–H groups in total. The molecule has 1 aliphatic heterocycles. The summed E-state index contributed by atoms with van der Waals surface area (Å²) in [6.07, 6.45) is 1.96. The van der Waals surface area contributed by atoms with Gasteiger partial charge in [-0.15, -0.1) is 0 Å². The number of aryl methyl sites for hydroxylation is 1. The lowest BCUT2D eigenvalue weighted by molar-refractivity contribution is -0.118. The molecule has 0 saturated carbocycles. The van der Waals surface area contributed by atoms with Crippen molar-refractivity contribution in [3.05, 3.63) is 82.9 Å². The van der Waals surface area contributed by atoms with E-state index in [0.29, 0.717) is 26.0 Å². The molecule has 10 heteroatoms. The first kappa shape index (κ1) is 30.1. The third kappa shape index (κ3) is 8.31. The molecule has 218 valence electrons. The van der Waals surface area contributed by atoms with Crippen LogP contribution in [-0.2, 0) is 32.7 Å². The quantitative estimate of drug-likeness (QED) is 0.235. The summed E-state index contributed by atoms with van der Waals surface area (Å²) < 4.78 is 41.5. The lowest BCUT2D eigenvalue weighted by Crippen LogP contribution is -2.35. The number of hydrogen-bond acceptors (Lipinski definition) is 6. The van der Waals surface area contributed by atoms with E-state index in [0.717, 1.165) is 52.1 Å². The van der Waals surface area contributed by atoms with Crippen molar-refractivity contribution >= 4 is 27.8 Å². The highest BCUT2D eigenvalue weighted by Gasteiger charge is 2.24. The number of rotatable bonds is 11. The second-order valence-electron chi connectivity index (χ2n) is 10.1. The Morgan fingerprint density at radius 2 is 1.83 bits per heavy atom. The smallest absolute Gasteiger partial charge is 0.407 e. The van der Waals surface area contributed by atoms with Crippen molar-refractivity contribution in [3.63, 3.8) is 0 Å². The predicted octanol–water partition coefficient (Wildman–Crippen LogP) is 5.22. The number of carbonyl (C=O) groups excluding carboxylic acids is 2. The van der Waals surface area contributed by atoms with Crippen LogP contribution in [0.3, 0.4) is 0 Å². The number of nitrogens with zero attached hydrogens (tertiary/aromatic N) is 1. The van der Waals surface area contributed by atoms with Gasteiger partial charge in [-0.25, -0.2) is 4.79 Å². The highest BCUT2D eigenvalue weighted by molar-refractivity contribution is 7.85. The Balaban J connectivity index is 1.38. The Morgan fingerprint density at radius 3 is 2.63 bits per heavy atom. The number of nitrogens with one attached hydrogen (secondary N) is 1. The van der Waals surface area contributed by atoms with Gasteiger partial charge >= 0.3 is 6.09 Å². The molecule has 0 aromatic heterocycles. The Labute approximate surface area is 241 Å². The fourth-order valence-corrected chi connectivity index (χ4v) is 5.25. The minimum absolute atomic E-state index is 0.00463. The van der Waals surface area contributed by atoms with Gasteiger partial charge in [-0.1, -0.05) is 42.5 Å². The maximum absolute atomic E-state index is 13.2. The summed E-state index contributed by atoms with van der Waals surface area (Å²) in [7, 11) is -4.16. The molecule has 2 amide bonds. The van der Waals surface area contributed by atoms with E-state index < -0.39 is 22.0 Å². The van der Waals surface area contributed by atoms with Crippen LogP contribution < -0.4 is 15.0 Å². The standard InChI is InChI=1S/C31H36N2O7S/c1-22-8-3-14-29(23(22)2)39-18-7-15-30(34)33-17-6-12-27-26(11-5-13-28(27)33)25-10-4-9-24(20-25)21-40-31(35)32-16-19-41(36,37)38/h3-5,8-11,13-14,20H,6-7,12,15-19,21H2,1-2H3,(H,32,35)(H,36,37,38). The van der Waals surface area contributed by atoms with Crippen molar-refractivity contribution in [1.29, 1.82) is 0 Å². The largest absolute Gasteiger partial charge is 0.493 e. The summed E-state index contributed by atoms with van der Waals surface area (Å²) in [6.45, 7) is 4.99. The molecule has 1 heterocycles. The fourth-order valence-electron chi connectivity index (χ4n) is 4.89. The molecule has 41 heavy (non-hydrogen) atoms. The van der Waals surface area contributed by atoms with Crippen LogP contribution in [0, 0.1) is 13.8 Å². The van der Waals surface area contributed by atoms with Crippen LogP contribution in [0.1, 0.15) is 41.5 Å². The van der Waals surface area contributed by atoms with Gasteiger partial charge in [0.2, 0.25) is 5.91 Å². The lowest BCUT2D eigenvalue weighted by atomic mass is 9.91. The molecule has 1 aliphatic rings. The Hall–Kier alpha value is -3.89. The van der Waals surface area contributed by atoms with Gasteiger partial charge in [0.15, 0.2) is 0 Å². The zero-order valence-corrected chi connectivity index (χ0v) is 24.2. The normalized spacial score (nSPS) is 12.9. The number of fused-ring (bicyclic) bond motifs is 1. The number of ether oxygens (including phenoxy) is 2. The number of alkyl carbamates (subject to hydrolysis) is 1. The molecule has 0 spiro atoms. The van der Waals surface area contributed by atoms with Crippen LogP contribution in [0.25, 0.3) is 11.1 Å². The van der Waals surface area contributed by atoms with Crippen LogP contribution in [0.15, 0.2) is 60.7 Å². The molecule has 4 rings (SSSR count). The second-order valence-corrected chi connectivity index (χ2v) is 11.7. The van der Waals surface area contributed by atoms with E-state index in [9.17, 15) is 18.0 Å². The zero-order valence-electron chi connectivity index (χ0n) is 23.4. The summed E-state index contributed by atoms with van der Waals surface area (Å²) in [5, 5.41) is 2.30. The Kier molecular flexibility index (Phi) is 10.0. The fraction of sp³-hybridized carbons (Fsp3) is 0.355. The van der Waals surface area contributed by atoms with Crippen LogP contribution in [0.4, 0.5) is 10.5 Å². The highest BCUT2D eigenvalue weighted by Crippen LogP contribution is 2.36. The Morgan fingerprint density at radius 1 is 1.05 bits per heavy atom. The summed E-state index contributed by atoms with van der Waals surface area (Å²) in [4.78, 5) is 27.0. The average Bonchev–Trinajstić information content (AvgIpc) is 2.95. The van der Waals surface area contributed by atoms with Crippen LogP contribution >= 0.6 is 0 Å². The minimum atomic E-state index is -4.16. The number of benzene rings is 3. The molecule has 0 radical (unpaired) electrons. The third-order valence-electron chi connectivity index (χ3n) is 7.14. The van der Waals surface area contributed by atoms with Crippen LogP contribution in [-0.4, -0.2) is 50.4 Å². The summed E-state index contributed by atoms with van der Waals surface area (Å²) in [5.41, 5.74) is 7.07. The first-order chi connectivity index (χ1) is 19.6. The molecule has 3 aromatic rings. The minimum Gasteiger partial charge on any atom is -0.493 e. The van der Waals surface area contributed by atoms with E-state index in [1.807, 2.05) is 66.4 Å². The number of anilines is 1. The van der Waals surface area contributed by atoms with E-state index in [-0.39, 0.29) is 19.1 Å². The van der Waals surface area contributed by atoms with Gasteiger partial charge < -0.3 is 19.7 Å². The van der Waals surface area contributed by atoms with Gasteiger partial charge in [0.05, 0.1) is 12.4 Å². The van der Waals surface area contributed by atoms with Crippen molar-refractivity contribution in [2.75, 3.05) is 30.3 Å². The average molecular weight is 581 g/mol. The first-order valence-corrected chi connectivity index (χ1v) is 15.3. The molecular formula is C31H36N2O7S. The maximum Gasteiger partial charge on any atom is 0.407 e. The van der Waals surface area contributed by atoms with Crippen LogP contribution in [0.2, 0.25) is 0 Å². The SMILES string of the molecule is Cc1cccc(OCCCC(=O)N2CCCc3c(-c4cccc(COC(=O)NCCS(=O)(=O)O)c4)cccc32)c1C. The van der Waals surface area contributed by atoms with E-state index in [4.69, 9.17) is 14.0 Å². The monoisotopic (exact) mass is 580 g/mol.